The third kappa shape index (κ3) is 3.09. The van der Waals surface area contributed by atoms with Gasteiger partial charge in [-0.2, -0.15) is 0 Å². The lowest BCUT2D eigenvalue weighted by atomic mass is 9.52. The molecule has 180 valence electrons. The SMILES string of the molecule is CC1=C2C[C@H]3[C@@H](CC[C@@H]4CC(O)CC[C@@]43C)[C@@H]2CC[C@@]2(C1)O[C@@H]1C[C@H](C)CN(C)[C@H]1[C@H]2C. The van der Waals surface area contributed by atoms with Gasteiger partial charge in [-0.05, 0) is 113 Å². The molecule has 1 unspecified atom stereocenters. The van der Waals surface area contributed by atoms with Crippen LogP contribution in [0.15, 0.2) is 11.1 Å². The van der Waals surface area contributed by atoms with Crippen LogP contribution in [0.2, 0.25) is 0 Å². The molecule has 3 heteroatoms. The van der Waals surface area contributed by atoms with E-state index < -0.39 is 0 Å². The minimum absolute atomic E-state index is 0.0392. The van der Waals surface area contributed by atoms with Crippen molar-refractivity contribution in [2.24, 2.45) is 40.9 Å². The predicted octanol–water partition coefficient (Wildman–Crippen LogP) is 5.81. The van der Waals surface area contributed by atoms with Crippen molar-refractivity contribution in [2.45, 2.75) is 116 Å². The van der Waals surface area contributed by atoms with Crippen LogP contribution >= 0.6 is 0 Å². The van der Waals surface area contributed by atoms with Crippen molar-refractivity contribution in [1.82, 2.24) is 4.90 Å². The zero-order valence-electron chi connectivity index (χ0n) is 21.3. The summed E-state index contributed by atoms with van der Waals surface area (Å²) >= 11 is 0. The lowest BCUT2D eigenvalue weighted by Crippen LogP contribution is -2.49. The third-order valence-corrected chi connectivity index (χ3v) is 12.0. The number of hydrogen-bond donors (Lipinski definition) is 1. The highest BCUT2D eigenvalue weighted by molar-refractivity contribution is 5.29. The molecule has 5 fully saturated rings. The van der Waals surface area contributed by atoms with Gasteiger partial charge in [-0.3, -0.25) is 0 Å². The topological polar surface area (TPSA) is 32.7 Å². The lowest BCUT2D eigenvalue weighted by Gasteiger charge is -2.53. The molecule has 1 spiro atoms. The van der Waals surface area contributed by atoms with Crippen molar-refractivity contribution >= 4 is 0 Å². The Morgan fingerprint density at radius 1 is 1.06 bits per heavy atom. The summed E-state index contributed by atoms with van der Waals surface area (Å²) < 4.78 is 7.11. The minimum atomic E-state index is -0.0392. The molecule has 32 heavy (non-hydrogen) atoms. The molecule has 0 aromatic heterocycles. The number of piperidine rings is 1. The van der Waals surface area contributed by atoms with Crippen LogP contribution in [0.3, 0.4) is 0 Å². The Morgan fingerprint density at radius 2 is 1.88 bits per heavy atom. The molecule has 0 amide bonds. The average Bonchev–Trinajstić information content (AvgIpc) is 3.19. The van der Waals surface area contributed by atoms with Gasteiger partial charge < -0.3 is 14.7 Å². The van der Waals surface area contributed by atoms with E-state index in [-0.39, 0.29) is 11.7 Å². The van der Waals surface area contributed by atoms with E-state index in [0.29, 0.717) is 23.5 Å². The highest BCUT2D eigenvalue weighted by atomic mass is 16.5. The first-order chi connectivity index (χ1) is 15.2. The number of rotatable bonds is 0. The summed E-state index contributed by atoms with van der Waals surface area (Å²) in [5, 5.41) is 10.3. The number of likely N-dealkylation sites (tertiary alicyclic amines) is 1. The zero-order chi connectivity index (χ0) is 22.4. The van der Waals surface area contributed by atoms with E-state index in [0.717, 1.165) is 42.4 Å². The summed E-state index contributed by atoms with van der Waals surface area (Å²) in [5.41, 5.74) is 4.07. The minimum Gasteiger partial charge on any atom is -0.393 e. The van der Waals surface area contributed by atoms with Gasteiger partial charge in [-0.25, -0.2) is 0 Å². The predicted molar refractivity (Wildman–Crippen MR) is 129 cm³/mol. The molecule has 2 heterocycles. The van der Waals surface area contributed by atoms with Crippen LogP contribution in [0.25, 0.3) is 0 Å². The Balaban J connectivity index is 1.28. The largest absolute Gasteiger partial charge is 0.393 e. The van der Waals surface area contributed by atoms with E-state index in [1.165, 1.54) is 57.9 Å². The van der Waals surface area contributed by atoms with E-state index in [2.05, 4.69) is 39.6 Å². The molecule has 11 atom stereocenters. The van der Waals surface area contributed by atoms with Gasteiger partial charge in [0.15, 0.2) is 0 Å². The van der Waals surface area contributed by atoms with E-state index in [1.54, 1.807) is 5.57 Å². The maximum absolute atomic E-state index is 10.3. The molecule has 0 radical (unpaired) electrons. The number of nitrogens with zero attached hydrogens (tertiary/aromatic N) is 1. The maximum Gasteiger partial charge on any atom is 0.0765 e. The second-order valence-electron chi connectivity index (χ2n) is 13.6. The molecule has 4 aliphatic carbocycles. The average molecular weight is 442 g/mol. The van der Waals surface area contributed by atoms with Crippen LogP contribution in [0, 0.1) is 40.9 Å². The second-order valence-corrected chi connectivity index (χ2v) is 13.6. The van der Waals surface area contributed by atoms with Crippen LogP contribution < -0.4 is 0 Å². The maximum atomic E-state index is 10.3. The molecule has 6 aliphatic rings. The van der Waals surface area contributed by atoms with Gasteiger partial charge in [-0.1, -0.05) is 31.9 Å². The van der Waals surface area contributed by atoms with Gasteiger partial charge in [0.2, 0.25) is 0 Å². The smallest absolute Gasteiger partial charge is 0.0765 e. The van der Waals surface area contributed by atoms with Gasteiger partial charge in [0, 0.05) is 18.5 Å². The fourth-order valence-electron chi connectivity index (χ4n) is 10.4. The van der Waals surface area contributed by atoms with Gasteiger partial charge >= 0.3 is 0 Å². The summed E-state index contributed by atoms with van der Waals surface area (Å²) in [6, 6.07) is 0.609. The van der Waals surface area contributed by atoms with Crippen LogP contribution in [-0.4, -0.2) is 47.4 Å². The first-order valence-corrected chi connectivity index (χ1v) is 14.0. The van der Waals surface area contributed by atoms with Crippen LogP contribution in [0.4, 0.5) is 0 Å². The molecule has 6 rings (SSSR count). The highest BCUT2D eigenvalue weighted by Crippen LogP contribution is 2.65. The van der Waals surface area contributed by atoms with E-state index in [4.69, 9.17) is 4.74 Å². The third-order valence-electron chi connectivity index (χ3n) is 12.0. The van der Waals surface area contributed by atoms with Gasteiger partial charge in [0.25, 0.3) is 0 Å². The number of allylic oxidation sites excluding steroid dienone is 1. The van der Waals surface area contributed by atoms with Crippen molar-refractivity contribution in [3.05, 3.63) is 11.1 Å². The highest BCUT2D eigenvalue weighted by Gasteiger charge is 2.59. The Labute approximate surface area is 196 Å². The van der Waals surface area contributed by atoms with E-state index in [9.17, 15) is 5.11 Å². The first kappa shape index (κ1) is 22.1. The van der Waals surface area contributed by atoms with Crippen molar-refractivity contribution in [1.29, 1.82) is 0 Å². The van der Waals surface area contributed by atoms with E-state index in [1.807, 2.05) is 5.57 Å². The zero-order valence-corrected chi connectivity index (χ0v) is 21.3. The lowest BCUT2D eigenvalue weighted by molar-refractivity contribution is -0.0829. The number of aliphatic hydroxyl groups is 1. The van der Waals surface area contributed by atoms with E-state index >= 15 is 0 Å². The number of ether oxygens (including phenoxy) is 1. The number of fused-ring (bicyclic) bond motifs is 6. The number of hydrogen-bond acceptors (Lipinski definition) is 3. The molecule has 0 bridgehead atoms. The van der Waals surface area contributed by atoms with Crippen molar-refractivity contribution in [3.63, 3.8) is 0 Å². The van der Waals surface area contributed by atoms with Crippen LogP contribution in [-0.2, 0) is 4.74 Å². The molecule has 2 saturated heterocycles. The van der Waals surface area contributed by atoms with Crippen molar-refractivity contribution in [2.75, 3.05) is 13.6 Å². The molecular formula is C29H47NO2. The molecule has 3 saturated carbocycles. The van der Waals surface area contributed by atoms with Crippen LogP contribution in [0.1, 0.15) is 91.9 Å². The van der Waals surface area contributed by atoms with Gasteiger partial charge in [-0.15, -0.1) is 0 Å². The van der Waals surface area contributed by atoms with Crippen LogP contribution in [0.5, 0.6) is 0 Å². The summed E-state index contributed by atoms with van der Waals surface area (Å²) in [6.07, 6.45) is 12.9. The monoisotopic (exact) mass is 441 g/mol. The molecule has 0 aromatic rings. The standard InChI is InChI=1S/C29H47NO2/c1-17-12-26-27(30(5)16-17)19(3)29(32-26)11-9-22-23-7-6-20-13-21(31)8-10-28(20,4)25(23)14-24(22)18(2)15-29/h17,19-23,25-27,31H,6-16H2,1-5H3/t17-,19+,20+,21?,22-,23-,25-,26+,27-,28-,29-/m0/s1. The van der Waals surface area contributed by atoms with Crippen molar-refractivity contribution in [3.8, 4) is 0 Å². The molecule has 2 aliphatic heterocycles. The molecule has 1 N–H and O–H groups in total. The second kappa shape index (κ2) is 7.56. The molecular weight excluding hydrogens is 394 g/mol. The molecule has 3 nitrogen and oxygen atoms in total. The fourth-order valence-corrected chi connectivity index (χ4v) is 10.4. The Kier molecular flexibility index (Phi) is 5.22. The fraction of sp³-hybridized carbons (Fsp3) is 0.931. The van der Waals surface area contributed by atoms with Crippen molar-refractivity contribution < 1.29 is 9.84 Å². The van der Waals surface area contributed by atoms with Gasteiger partial charge in [0.05, 0.1) is 17.8 Å². The number of aliphatic hydroxyl groups excluding tert-OH is 1. The summed E-state index contributed by atoms with van der Waals surface area (Å²) in [4.78, 5) is 2.63. The first-order valence-electron chi connectivity index (χ1n) is 14.0. The number of likely N-dealkylation sites (N-methyl/N-ethyl adjacent to an activating group) is 1. The summed E-state index contributed by atoms with van der Waals surface area (Å²) in [5.74, 6) is 4.67. The Hall–Kier alpha value is -0.380. The summed E-state index contributed by atoms with van der Waals surface area (Å²) in [6.45, 7) is 11.2. The quantitative estimate of drug-likeness (QED) is 0.481. The Bertz CT molecular complexity index is 792. The van der Waals surface area contributed by atoms with Gasteiger partial charge in [0.1, 0.15) is 0 Å². The Morgan fingerprint density at radius 3 is 2.69 bits per heavy atom. The molecule has 0 aromatic carbocycles. The normalized spacial score (nSPS) is 55.9. The summed E-state index contributed by atoms with van der Waals surface area (Å²) in [7, 11) is 2.34.